The van der Waals surface area contributed by atoms with Gasteiger partial charge in [-0.2, -0.15) is 5.11 Å². The minimum absolute atomic E-state index is 0.227. The van der Waals surface area contributed by atoms with E-state index in [0.717, 1.165) is 4.90 Å². The van der Waals surface area contributed by atoms with Crippen LogP contribution in [0.4, 0.5) is 11.4 Å². The highest BCUT2D eigenvalue weighted by atomic mass is 35.5. The summed E-state index contributed by atoms with van der Waals surface area (Å²) in [5, 5.41) is 12.2. The Morgan fingerprint density at radius 3 is 2.66 bits per heavy atom. The van der Waals surface area contributed by atoms with Gasteiger partial charge in [0.1, 0.15) is 12.3 Å². The average Bonchev–Trinajstić information content (AvgIpc) is 3.23. The van der Waals surface area contributed by atoms with Crippen molar-refractivity contribution >= 4 is 40.7 Å². The molecule has 4 rings (SSSR count). The molecule has 2 aliphatic rings. The monoisotopic (exact) mass is 413 g/mol. The van der Waals surface area contributed by atoms with Gasteiger partial charge in [-0.15, -0.1) is 0 Å². The number of carbonyl (C=O) groups is 3. The van der Waals surface area contributed by atoms with Crippen molar-refractivity contribution in [2.75, 3.05) is 23.9 Å². The summed E-state index contributed by atoms with van der Waals surface area (Å²) in [6.45, 7) is -0.227. The highest BCUT2D eigenvalue weighted by molar-refractivity contribution is 6.31. The Kier molecular flexibility index (Phi) is 4.89. The number of methoxy groups -OCH3 is 1. The van der Waals surface area contributed by atoms with E-state index in [1.165, 1.54) is 12.1 Å². The zero-order valence-corrected chi connectivity index (χ0v) is 16.0. The second-order valence-electron chi connectivity index (χ2n) is 6.46. The summed E-state index contributed by atoms with van der Waals surface area (Å²) < 4.78 is 5.12. The van der Waals surface area contributed by atoms with E-state index in [0.29, 0.717) is 22.1 Å². The molecule has 3 amide bonds. The molecule has 0 spiro atoms. The van der Waals surface area contributed by atoms with Crippen molar-refractivity contribution < 1.29 is 19.1 Å². The number of carbonyl (C=O) groups excluding carboxylic acids is 3. The van der Waals surface area contributed by atoms with Gasteiger partial charge >= 0.3 is 0 Å². The molecule has 2 aliphatic heterocycles. The molecule has 2 aromatic carbocycles. The summed E-state index contributed by atoms with van der Waals surface area (Å²) in [4.78, 5) is 39.0. The average molecular weight is 414 g/mol. The van der Waals surface area contributed by atoms with Crippen molar-refractivity contribution in [3.05, 3.63) is 53.6 Å². The summed E-state index contributed by atoms with van der Waals surface area (Å²) >= 11 is 5.87. The Hall–Kier alpha value is -3.46. The molecule has 0 aromatic heterocycles. The van der Waals surface area contributed by atoms with Crippen LogP contribution in [-0.4, -0.2) is 48.5 Å². The van der Waals surface area contributed by atoms with E-state index in [-0.39, 0.29) is 6.54 Å². The lowest BCUT2D eigenvalue weighted by Gasteiger charge is -2.20. The number of nitrogens with zero attached hydrogens (tertiary/aromatic N) is 4. The predicted octanol–water partition coefficient (Wildman–Crippen LogP) is 2.28. The van der Waals surface area contributed by atoms with E-state index in [4.69, 9.17) is 16.3 Å². The summed E-state index contributed by atoms with van der Waals surface area (Å²) in [5.41, 5.74) is 0.938. The van der Waals surface area contributed by atoms with Crippen LogP contribution in [0.1, 0.15) is 0 Å². The zero-order chi connectivity index (χ0) is 20.5. The molecule has 148 valence electrons. The number of rotatable bonds is 5. The number of hydrogen-bond donors (Lipinski definition) is 1. The third-order valence-corrected chi connectivity index (χ3v) is 4.85. The predicted molar refractivity (Wildman–Crippen MR) is 105 cm³/mol. The van der Waals surface area contributed by atoms with E-state index in [2.05, 4.69) is 15.7 Å². The van der Waals surface area contributed by atoms with Crippen molar-refractivity contribution in [2.45, 2.75) is 12.1 Å². The lowest BCUT2D eigenvalue weighted by atomic mass is 10.1. The molecule has 10 heteroatoms. The molecule has 1 saturated heterocycles. The van der Waals surface area contributed by atoms with Gasteiger partial charge in [-0.1, -0.05) is 22.9 Å². The lowest BCUT2D eigenvalue weighted by Crippen LogP contribution is -2.43. The fourth-order valence-corrected chi connectivity index (χ4v) is 3.37. The van der Waals surface area contributed by atoms with Gasteiger partial charge < -0.3 is 10.1 Å². The first kappa shape index (κ1) is 18.9. The van der Waals surface area contributed by atoms with Crippen LogP contribution >= 0.6 is 11.6 Å². The second kappa shape index (κ2) is 7.51. The number of amides is 3. The van der Waals surface area contributed by atoms with E-state index in [9.17, 15) is 14.4 Å². The van der Waals surface area contributed by atoms with Gasteiger partial charge in [0.25, 0.3) is 11.8 Å². The molecule has 0 radical (unpaired) electrons. The Bertz CT molecular complexity index is 1010. The first-order valence-electron chi connectivity index (χ1n) is 8.72. The van der Waals surface area contributed by atoms with Crippen LogP contribution in [0.5, 0.6) is 5.75 Å². The number of anilines is 2. The largest absolute Gasteiger partial charge is 0.497 e. The SMILES string of the molecule is COc1cccc(NC(=O)CN2N=N[C@H]3C(=O)N(c4ccc(Cl)cc4)C(=O)[C@@H]32)c1. The topological polar surface area (TPSA) is 104 Å². The lowest BCUT2D eigenvalue weighted by molar-refractivity contribution is -0.123. The molecule has 0 bridgehead atoms. The Morgan fingerprint density at radius 2 is 1.93 bits per heavy atom. The van der Waals surface area contributed by atoms with Crippen molar-refractivity contribution in [2.24, 2.45) is 10.3 Å². The van der Waals surface area contributed by atoms with Crippen molar-refractivity contribution in [3.63, 3.8) is 0 Å². The summed E-state index contributed by atoms with van der Waals surface area (Å²) in [6.07, 6.45) is 0. The quantitative estimate of drug-likeness (QED) is 0.757. The molecular formula is C19H16ClN5O4. The maximum atomic E-state index is 12.9. The van der Waals surface area contributed by atoms with Gasteiger partial charge in [0.2, 0.25) is 5.91 Å². The number of fused-ring (bicyclic) bond motifs is 1. The van der Waals surface area contributed by atoms with Crippen LogP contribution in [0.3, 0.4) is 0 Å². The molecule has 0 aliphatic carbocycles. The fourth-order valence-electron chi connectivity index (χ4n) is 3.25. The third-order valence-electron chi connectivity index (χ3n) is 4.60. The molecule has 29 heavy (non-hydrogen) atoms. The normalized spacial score (nSPS) is 20.2. The number of nitrogens with one attached hydrogen (secondary N) is 1. The maximum Gasteiger partial charge on any atom is 0.263 e. The van der Waals surface area contributed by atoms with Crippen molar-refractivity contribution in [3.8, 4) is 5.75 Å². The minimum Gasteiger partial charge on any atom is -0.497 e. The standard InChI is InChI=1S/C19H16ClN5O4/c1-29-14-4-2-3-12(9-14)21-15(26)10-24-17-16(22-23-24)18(27)25(19(17)28)13-7-5-11(20)6-8-13/h2-9,16-17H,10H2,1H3,(H,21,26)/t16-,17-/m1/s1. The summed E-state index contributed by atoms with van der Waals surface area (Å²) in [5.74, 6) is -0.773. The summed E-state index contributed by atoms with van der Waals surface area (Å²) in [7, 11) is 1.53. The van der Waals surface area contributed by atoms with Crippen LogP contribution in [0.2, 0.25) is 5.02 Å². The number of imide groups is 1. The van der Waals surface area contributed by atoms with Crippen LogP contribution in [-0.2, 0) is 14.4 Å². The molecule has 1 N–H and O–H groups in total. The molecule has 2 atom stereocenters. The molecule has 2 aromatic rings. The number of halogens is 1. The second-order valence-corrected chi connectivity index (χ2v) is 6.90. The van der Waals surface area contributed by atoms with E-state index in [1.807, 2.05) is 0 Å². The maximum absolute atomic E-state index is 12.9. The van der Waals surface area contributed by atoms with Gasteiger partial charge in [0, 0.05) is 16.8 Å². The van der Waals surface area contributed by atoms with Crippen molar-refractivity contribution in [1.82, 2.24) is 5.01 Å². The third kappa shape index (κ3) is 3.52. The van der Waals surface area contributed by atoms with Gasteiger partial charge in [-0.05, 0) is 36.4 Å². The van der Waals surface area contributed by atoms with Crippen LogP contribution in [0, 0.1) is 0 Å². The van der Waals surface area contributed by atoms with Crippen molar-refractivity contribution in [1.29, 1.82) is 0 Å². The van der Waals surface area contributed by atoms with E-state index < -0.39 is 29.8 Å². The molecule has 0 saturated carbocycles. The Balaban J connectivity index is 1.47. The van der Waals surface area contributed by atoms with Gasteiger partial charge in [-0.25, -0.2) is 4.90 Å². The Morgan fingerprint density at radius 1 is 1.17 bits per heavy atom. The molecule has 9 nitrogen and oxygen atoms in total. The zero-order valence-electron chi connectivity index (χ0n) is 15.3. The fraction of sp³-hybridized carbons (Fsp3) is 0.211. The van der Waals surface area contributed by atoms with Gasteiger partial charge in [-0.3, -0.25) is 19.4 Å². The smallest absolute Gasteiger partial charge is 0.263 e. The van der Waals surface area contributed by atoms with Crippen LogP contribution in [0.25, 0.3) is 0 Å². The van der Waals surface area contributed by atoms with Gasteiger partial charge in [0.05, 0.1) is 12.8 Å². The van der Waals surface area contributed by atoms with E-state index >= 15 is 0 Å². The molecule has 2 heterocycles. The summed E-state index contributed by atoms with van der Waals surface area (Å²) in [6, 6.07) is 11.3. The van der Waals surface area contributed by atoms with Crippen LogP contribution in [0.15, 0.2) is 58.9 Å². The number of hydrogen-bond acceptors (Lipinski definition) is 7. The van der Waals surface area contributed by atoms with Gasteiger partial charge in [0.15, 0.2) is 12.1 Å². The highest BCUT2D eigenvalue weighted by Crippen LogP contribution is 2.32. The number of ether oxygens (including phenoxy) is 1. The van der Waals surface area contributed by atoms with Crippen LogP contribution < -0.4 is 15.0 Å². The van der Waals surface area contributed by atoms with E-state index in [1.54, 1.807) is 48.5 Å². The first-order valence-corrected chi connectivity index (χ1v) is 9.10. The Labute approximate surface area is 170 Å². The molecule has 0 unspecified atom stereocenters. The minimum atomic E-state index is -0.970. The highest BCUT2D eigenvalue weighted by Gasteiger charge is 2.55. The molecular weight excluding hydrogens is 398 g/mol. The number of benzene rings is 2. The first-order chi connectivity index (χ1) is 14.0. The molecule has 1 fully saturated rings.